The maximum absolute atomic E-state index is 12.8. The number of aromatic nitrogens is 1. The summed E-state index contributed by atoms with van der Waals surface area (Å²) in [4.78, 5) is 27.0. The van der Waals surface area contributed by atoms with E-state index in [4.69, 9.17) is 9.84 Å². The van der Waals surface area contributed by atoms with Crippen molar-refractivity contribution in [3.63, 3.8) is 0 Å². The molecule has 0 aliphatic rings. The van der Waals surface area contributed by atoms with E-state index in [1.54, 1.807) is 42.6 Å². The van der Waals surface area contributed by atoms with E-state index in [9.17, 15) is 22.8 Å². The van der Waals surface area contributed by atoms with E-state index in [1.807, 2.05) is 6.92 Å². The number of pyridine rings is 1. The Morgan fingerprint density at radius 3 is 2.18 bits per heavy atom. The first-order valence-corrected chi connectivity index (χ1v) is 10.6. The maximum atomic E-state index is 12.8. The van der Waals surface area contributed by atoms with Gasteiger partial charge in [0, 0.05) is 23.9 Å². The van der Waals surface area contributed by atoms with Crippen molar-refractivity contribution in [2.75, 3.05) is 6.54 Å². The summed E-state index contributed by atoms with van der Waals surface area (Å²) in [6.45, 7) is 1.97. The second-order valence-electron chi connectivity index (χ2n) is 7.49. The monoisotopic (exact) mass is 472 g/mol. The topological polar surface area (TPSA) is 88.5 Å². The van der Waals surface area contributed by atoms with Crippen LogP contribution in [0.15, 0.2) is 66.9 Å². The van der Waals surface area contributed by atoms with Crippen LogP contribution in [0.4, 0.5) is 13.2 Å². The summed E-state index contributed by atoms with van der Waals surface area (Å²) in [5.41, 5.74) is 1.64. The summed E-state index contributed by atoms with van der Waals surface area (Å²) < 4.78 is 44.3. The molecule has 0 saturated carbocycles. The number of hydrogen-bond acceptors (Lipinski definition) is 4. The van der Waals surface area contributed by atoms with Crippen molar-refractivity contribution in [2.45, 2.75) is 32.0 Å². The van der Waals surface area contributed by atoms with Gasteiger partial charge < -0.3 is 15.2 Å². The van der Waals surface area contributed by atoms with Gasteiger partial charge in [-0.2, -0.15) is 13.2 Å². The van der Waals surface area contributed by atoms with Crippen LogP contribution in [-0.4, -0.2) is 28.5 Å². The van der Waals surface area contributed by atoms with Gasteiger partial charge in [0.05, 0.1) is 17.7 Å². The zero-order valence-electron chi connectivity index (χ0n) is 18.3. The van der Waals surface area contributed by atoms with Crippen LogP contribution >= 0.6 is 0 Å². The van der Waals surface area contributed by atoms with Crippen LogP contribution in [0.25, 0.3) is 11.1 Å². The molecule has 1 unspecified atom stereocenters. The van der Waals surface area contributed by atoms with E-state index < -0.39 is 17.7 Å². The molecule has 0 aliphatic heterocycles. The second kappa shape index (κ2) is 10.8. The summed E-state index contributed by atoms with van der Waals surface area (Å²) in [5, 5.41) is 11.2. The Labute approximate surface area is 194 Å². The fourth-order valence-electron chi connectivity index (χ4n) is 3.21. The lowest BCUT2D eigenvalue weighted by atomic mass is 10.0. The number of carboxylic acid groups (broad SMARTS) is 1. The van der Waals surface area contributed by atoms with Crippen molar-refractivity contribution in [2.24, 2.45) is 0 Å². The number of alkyl halides is 3. The van der Waals surface area contributed by atoms with Crippen molar-refractivity contribution >= 4 is 11.9 Å². The lowest BCUT2D eigenvalue weighted by molar-refractivity contribution is -0.138. The lowest BCUT2D eigenvalue weighted by Gasteiger charge is -2.18. The van der Waals surface area contributed by atoms with Gasteiger partial charge in [-0.15, -0.1) is 0 Å². The Morgan fingerprint density at radius 1 is 1.00 bits per heavy atom. The molecule has 1 heterocycles. The SMILES string of the molecule is CCC(Oc1ccc(C(=O)NCCC(=O)O)cc1)c1ccc(-c2ccc(C(F)(F)F)cc2)cn1. The summed E-state index contributed by atoms with van der Waals surface area (Å²) >= 11 is 0. The molecule has 2 N–H and O–H groups in total. The Bertz CT molecular complexity index is 1110. The van der Waals surface area contributed by atoms with Crippen molar-refractivity contribution in [3.8, 4) is 16.9 Å². The highest BCUT2D eigenvalue weighted by Gasteiger charge is 2.30. The Balaban J connectivity index is 1.64. The zero-order valence-corrected chi connectivity index (χ0v) is 18.3. The van der Waals surface area contributed by atoms with Gasteiger partial charge in [-0.05, 0) is 54.4 Å². The molecule has 1 amide bonds. The molecule has 0 fully saturated rings. The molecule has 0 spiro atoms. The molecule has 0 aliphatic carbocycles. The molecule has 0 bridgehead atoms. The summed E-state index contributed by atoms with van der Waals surface area (Å²) in [5.74, 6) is -0.835. The molecule has 3 rings (SSSR count). The third-order valence-electron chi connectivity index (χ3n) is 5.05. The first-order valence-electron chi connectivity index (χ1n) is 10.6. The van der Waals surface area contributed by atoms with Crippen LogP contribution in [0.2, 0.25) is 0 Å². The number of benzene rings is 2. The Hall–Kier alpha value is -3.88. The Morgan fingerprint density at radius 2 is 1.65 bits per heavy atom. The quantitative estimate of drug-likeness (QED) is 0.429. The average molecular weight is 472 g/mol. The largest absolute Gasteiger partial charge is 0.484 e. The number of carbonyl (C=O) groups excluding carboxylic acids is 1. The fourth-order valence-corrected chi connectivity index (χ4v) is 3.21. The number of carbonyl (C=O) groups is 2. The molecule has 1 aromatic heterocycles. The molecule has 178 valence electrons. The van der Waals surface area contributed by atoms with Crippen LogP contribution in [0.3, 0.4) is 0 Å². The minimum absolute atomic E-state index is 0.0401. The van der Waals surface area contributed by atoms with Crippen LogP contribution in [0.1, 0.15) is 47.5 Å². The molecule has 2 aromatic carbocycles. The summed E-state index contributed by atoms with van der Waals surface area (Å²) in [7, 11) is 0. The van der Waals surface area contributed by atoms with E-state index in [-0.39, 0.29) is 25.0 Å². The first-order chi connectivity index (χ1) is 16.2. The van der Waals surface area contributed by atoms with E-state index in [2.05, 4.69) is 10.3 Å². The summed E-state index contributed by atoms with van der Waals surface area (Å²) in [6.07, 6.45) is -2.69. The van der Waals surface area contributed by atoms with Crippen LogP contribution in [0.5, 0.6) is 5.75 Å². The third-order valence-corrected chi connectivity index (χ3v) is 5.05. The molecule has 3 aromatic rings. The smallest absolute Gasteiger partial charge is 0.416 e. The highest BCUT2D eigenvalue weighted by molar-refractivity contribution is 5.94. The molecule has 0 radical (unpaired) electrons. The van der Waals surface area contributed by atoms with E-state index in [1.165, 1.54) is 12.1 Å². The van der Waals surface area contributed by atoms with Gasteiger partial charge in [-0.1, -0.05) is 25.1 Å². The minimum atomic E-state index is -4.38. The number of hydrogen-bond donors (Lipinski definition) is 2. The number of rotatable bonds is 9. The molecule has 6 nitrogen and oxygen atoms in total. The number of halogens is 3. The fraction of sp³-hybridized carbons (Fsp3) is 0.240. The van der Waals surface area contributed by atoms with E-state index in [0.29, 0.717) is 34.6 Å². The van der Waals surface area contributed by atoms with Gasteiger partial charge in [-0.25, -0.2) is 0 Å². The Kier molecular flexibility index (Phi) is 7.88. The number of nitrogens with one attached hydrogen (secondary N) is 1. The zero-order chi connectivity index (χ0) is 24.7. The number of ether oxygens (including phenoxy) is 1. The number of aliphatic carboxylic acids is 1. The molecular formula is C25H23F3N2O4. The number of carboxylic acids is 1. The highest BCUT2D eigenvalue weighted by atomic mass is 19.4. The van der Waals surface area contributed by atoms with Crippen molar-refractivity contribution in [1.82, 2.24) is 10.3 Å². The highest BCUT2D eigenvalue weighted by Crippen LogP contribution is 2.31. The predicted octanol–water partition coefficient (Wildman–Crippen LogP) is 5.50. The van der Waals surface area contributed by atoms with E-state index >= 15 is 0 Å². The van der Waals surface area contributed by atoms with Gasteiger partial charge >= 0.3 is 12.1 Å². The number of amides is 1. The molecule has 9 heteroatoms. The summed E-state index contributed by atoms with van der Waals surface area (Å²) in [6, 6.07) is 14.9. The van der Waals surface area contributed by atoms with Crippen LogP contribution < -0.4 is 10.1 Å². The lowest BCUT2D eigenvalue weighted by Crippen LogP contribution is -2.25. The maximum Gasteiger partial charge on any atom is 0.416 e. The normalized spacial score (nSPS) is 12.1. The van der Waals surface area contributed by atoms with Gasteiger partial charge in [0.1, 0.15) is 11.9 Å². The van der Waals surface area contributed by atoms with Crippen molar-refractivity contribution in [1.29, 1.82) is 0 Å². The molecular weight excluding hydrogens is 449 g/mol. The minimum Gasteiger partial charge on any atom is -0.484 e. The van der Waals surface area contributed by atoms with Crippen molar-refractivity contribution in [3.05, 3.63) is 83.7 Å². The van der Waals surface area contributed by atoms with Gasteiger partial charge in [-0.3, -0.25) is 14.6 Å². The molecule has 0 saturated heterocycles. The van der Waals surface area contributed by atoms with Gasteiger partial charge in [0.2, 0.25) is 0 Å². The van der Waals surface area contributed by atoms with Crippen LogP contribution in [0, 0.1) is 0 Å². The first kappa shape index (κ1) is 24.8. The van der Waals surface area contributed by atoms with Gasteiger partial charge in [0.25, 0.3) is 5.91 Å². The molecule has 34 heavy (non-hydrogen) atoms. The number of nitrogens with zero attached hydrogens (tertiary/aromatic N) is 1. The van der Waals surface area contributed by atoms with Crippen LogP contribution in [-0.2, 0) is 11.0 Å². The average Bonchev–Trinajstić information content (AvgIpc) is 2.82. The standard InChI is InChI=1S/C25H23F3N2O4/c1-2-22(34-20-10-5-17(6-11-20)24(33)29-14-13-23(31)32)21-12-7-18(15-30-21)16-3-8-19(9-4-16)25(26,27)28/h3-12,15,22H,2,13-14H2,1H3,(H,29,33)(H,31,32). The third kappa shape index (κ3) is 6.57. The predicted molar refractivity (Wildman–Crippen MR) is 119 cm³/mol. The molecule has 1 atom stereocenters. The van der Waals surface area contributed by atoms with E-state index in [0.717, 1.165) is 12.1 Å². The second-order valence-corrected chi connectivity index (χ2v) is 7.49. The van der Waals surface area contributed by atoms with Gasteiger partial charge in [0.15, 0.2) is 0 Å². The van der Waals surface area contributed by atoms with Crippen molar-refractivity contribution < 1.29 is 32.6 Å².